The molecule has 0 bridgehead atoms. The Kier molecular flexibility index (Phi) is 6.40. The molecule has 2 amide bonds. The fourth-order valence-electron chi connectivity index (χ4n) is 3.32. The minimum atomic E-state index is -3.80. The standard InChI is InChI=1S/C19H28N2O6S/c1-14(22)21-11-9-19(10-12-21,17(23)20-24)13-28(25,26)16-7-5-15(6-8-16)27-18(2,3)4/h5-8,24H,9-13H2,1-4H3,(H,20,23). The maximum absolute atomic E-state index is 13.0. The Balaban J connectivity index is 2.24. The normalized spacial score (nSPS) is 17.1. The van der Waals surface area contributed by atoms with Crippen molar-refractivity contribution in [1.82, 2.24) is 10.4 Å². The third-order valence-corrected chi connectivity index (χ3v) is 6.75. The van der Waals surface area contributed by atoms with Gasteiger partial charge in [-0.2, -0.15) is 0 Å². The Morgan fingerprint density at radius 2 is 1.71 bits per heavy atom. The molecule has 1 aliphatic heterocycles. The quantitative estimate of drug-likeness (QED) is 0.563. The monoisotopic (exact) mass is 412 g/mol. The number of hydrogen-bond donors (Lipinski definition) is 2. The minimum absolute atomic E-state index is 0.0767. The summed E-state index contributed by atoms with van der Waals surface area (Å²) in [5.74, 6) is -0.774. The summed E-state index contributed by atoms with van der Waals surface area (Å²) in [5.41, 5.74) is -0.0983. The number of carbonyl (C=O) groups excluding carboxylic acids is 2. The van der Waals surface area contributed by atoms with Gasteiger partial charge in [-0.25, -0.2) is 13.9 Å². The van der Waals surface area contributed by atoms with Crippen LogP contribution < -0.4 is 10.2 Å². The molecule has 1 heterocycles. The molecule has 1 aromatic rings. The zero-order valence-electron chi connectivity index (χ0n) is 16.7. The number of carbonyl (C=O) groups is 2. The highest BCUT2D eigenvalue weighted by molar-refractivity contribution is 7.91. The van der Waals surface area contributed by atoms with Gasteiger partial charge in [-0.3, -0.25) is 14.8 Å². The lowest BCUT2D eigenvalue weighted by atomic mass is 9.79. The SMILES string of the molecule is CC(=O)N1CCC(CS(=O)(=O)c2ccc(OC(C)(C)C)cc2)(C(=O)NO)CC1. The zero-order valence-corrected chi connectivity index (χ0v) is 17.5. The molecule has 0 radical (unpaired) electrons. The molecule has 0 saturated carbocycles. The van der Waals surface area contributed by atoms with Crippen molar-refractivity contribution in [3.63, 3.8) is 0 Å². The lowest BCUT2D eigenvalue weighted by molar-refractivity contribution is -0.144. The molecule has 1 fully saturated rings. The number of amides is 2. The molecule has 1 saturated heterocycles. The highest BCUT2D eigenvalue weighted by Gasteiger charge is 2.45. The van der Waals surface area contributed by atoms with Gasteiger partial charge in [0.05, 0.1) is 16.1 Å². The van der Waals surface area contributed by atoms with Crippen molar-refractivity contribution in [1.29, 1.82) is 0 Å². The number of benzene rings is 1. The molecule has 2 rings (SSSR count). The number of piperidine rings is 1. The van der Waals surface area contributed by atoms with Crippen molar-refractivity contribution in [3.05, 3.63) is 24.3 Å². The second kappa shape index (κ2) is 8.08. The van der Waals surface area contributed by atoms with Crippen molar-refractivity contribution in [2.45, 2.75) is 51.0 Å². The predicted molar refractivity (Wildman–Crippen MR) is 103 cm³/mol. The molecule has 0 aromatic heterocycles. The molecule has 0 atom stereocenters. The Bertz CT molecular complexity index is 819. The van der Waals surface area contributed by atoms with E-state index in [1.54, 1.807) is 22.5 Å². The van der Waals surface area contributed by atoms with Crippen LogP contribution in [0.3, 0.4) is 0 Å². The molecule has 2 N–H and O–H groups in total. The number of ether oxygens (including phenoxy) is 1. The van der Waals surface area contributed by atoms with Gasteiger partial charge in [0.2, 0.25) is 5.91 Å². The molecular weight excluding hydrogens is 384 g/mol. The molecule has 1 aliphatic rings. The van der Waals surface area contributed by atoms with E-state index in [9.17, 15) is 18.0 Å². The van der Waals surface area contributed by atoms with Gasteiger partial charge in [-0.05, 0) is 57.9 Å². The summed E-state index contributed by atoms with van der Waals surface area (Å²) in [6.07, 6.45) is 0.312. The van der Waals surface area contributed by atoms with Crippen LogP contribution in [-0.2, 0) is 19.4 Å². The number of nitrogens with one attached hydrogen (secondary N) is 1. The van der Waals surface area contributed by atoms with E-state index < -0.39 is 32.5 Å². The van der Waals surface area contributed by atoms with Crippen molar-refractivity contribution in [3.8, 4) is 5.75 Å². The van der Waals surface area contributed by atoms with E-state index in [2.05, 4.69) is 0 Å². The van der Waals surface area contributed by atoms with E-state index in [1.807, 2.05) is 20.8 Å². The van der Waals surface area contributed by atoms with Crippen molar-refractivity contribution < 1.29 is 28.0 Å². The van der Waals surface area contributed by atoms with Gasteiger partial charge in [-0.1, -0.05) is 0 Å². The van der Waals surface area contributed by atoms with E-state index >= 15 is 0 Å². The zero-order chi connectivity index (χ0) is 21.2. The van der Waals surface area contributed by atoms with Gasteiger partial charge < -0.3 is 9.64 Å². The molecule has 0 spiro atoms. The van der Waals surface area contributed by atoms with E-state index in [0.29, 0.717) is 5.75 Å². The van der Waals surface area contributed by atoms with Crippen LogP contribution in [0.5, 0.6) is 5.75 Å². The van der Waals surface area contributed by atoms with Crippen LogP contribution in [-0.4, -0.2) is 54.8 Å². The largest absolute Gasteiger partial charge is 0.488 e. The first-order valence-electron chi connectivity index (χ1n) is 9.10. The van der Waals surface area contributed by atoms with Crippen molar-refractivity contribution in [2.75, 3.05) is 18.8 Å². The van der Waals surface area contributed by atoms with E-state index in [-0.39, 0.29) is 36.7 Å². The Labute approximate surface area is 165 Å². The first kappa shape index (κ1) is 22.2. The van der Waals surface area contributed by atoms with Crippen molar-refractivity contribution >= 4 is 21.7 Å². The predicted octanol–water partition coefficient (Wildman–Crippen LogP) is 1.77. The smallest absolute Gasteiger partial charge is 0.250 e. The molecule has 9 heteroatoms. The van der Waals surface area contributed by atoms with E-state index in [4.69, 9.17) is 9.94 Å². The lowest BCUT2D eigenvalue weighted by Gasteiger charge is -2.39. The van der Waals surface area contributed by atoms with Gasteiger partial charge in [0, 0.05) is 20.0 Å². The fraction of sp³-hybridized carbons (Fsp3) is 0.579. The first-order chi connectivity index (χ1) is 12.9. The average Bonchev–Trinajstić information content (AvgIpc) is 2.60. The van der Waals surface area contributed by atoms with Gasteiger partial charge in [0.25, 0.3) is 5.91 Å². The van der Waals surface area contributed by atoms with Crippen LogP contribution in [0.2, 0.25) is 0 Å². The van der Waals surface area contributed by atoms with E-state index in [1.165, 1.54) is 19.1 Å². The van der Waals surface area contributed by atoms with E-state index in [0.717, 1.165) is 0 Å². The van der Waals surface area contributed by atoms with Crippen LogP contribution >= 0.6 is 0 Å². The Morgan fingerprint density at radius 1 is 1.18 bits per heavy atom. The topological polar surface area (TPSA) is 113 Å². The molecule has 8 nitrogen and oxygen atoms in total. The van der Waals surface area contributed by atoms with Crippen molar-refractivity contribution in [2.24, 2.45) is 5.41 Å². The van der Waals surface area contributed by atoms with Gasteiger partial charge in [0.15, 0.2) is 9.84 Å². The van der Waals surface area contributed by atoms with Crippen LogP contribution in [0.25, 0.3) is 0 Å². The average molecular weight is 413 g/mol. The molecule has 28 heavy (non-hydrogen) atoms. The number of hydroxylamine groups is 1. The highest BCUT2D eigenvalue weighted by Crippen LogP contribution is 2.35. The first-order valence-corrected chi connectivity index (χ1v) is 10.8. The Hall–Kier alpha value is -2.13. The maximum Gasteiger partial charge on any atom is 0.250 e. The summed E-state index contributed by atoms with van der Waals surface area (Å²) < 4.78 is 31.6. The number of sulfone groups is 1. The summed E-state index contributed by atoms with van der Waals surface area (Å²) in [6, 6.07) is 6.06. The van der Waals surface area contributed by atoms with Crippen LogP contribution in [0.1, 0.15) is 40.5 Å². The number of nitrogens with zero attached hydrogens (tertiary/aromatic N) is 1. The second-order valence-electron chi connectivity index (χ2n) is 8.17. The number of hydrogen-bond acceptors (Lipinski definition) is 6. The summed E-state index contributed by atoms with van der Waals surface area (Å²) >= 11 is 0. The number of likely N-dealkylation sites (tertiary alicyclic amines) is 1. The molecule has 1 aromatic carbocycles. The summed E-state index contributed by atoms with van der Waals surface area (Å²) in [4.78, 5) is 25.5. The molecule has 156 valence electrons. The van der Waals surface area contributed by atoms with Crippen LogP contribution in [0.15, 0.2) is 29.2 Å². The molecule has 0 unspecified atom stereocenters. The van der Waals surface area contributed by atoms with Gasteiger partial charge in [0.1, 0.15) is 11.4 Å². The second-order valence-corrected chi connectivity index (χ2v) is 10.2. The third-order valence-electron chi connectivity index (χ3n) is 4.82. The minimum Gasteiger partial charge on any atom is -0.488 e. The van der Waals surface area contributed by atoms with Crippen LogP contribution in [0, 0.1) is 5.41 Å². The third kappa shape index (κ3) is 5.23. The summed E-state index contributed by atoms with van der Waals surface area (Å²) in [7, 11) is -3.80. The lowest BCUT2D eigenvalue weighted by Crippen LogP contribution is -2.52. The highest BCUT2D eigenvalue weighted by atomic mass is 32.2. The Morgan fingerprint density at radius 3 is 2.14 bits per heavy atom. The number of rotatable bonds is 5. The fourth-order valence-corrected chi connectivity index (χ4v) is 5.19. The summed E-state index contributed by atoms with van der Waals surface area (Å²) in [6.45, 7) is 7.62. The molecule has 0 aliphatic carbocycles. The van der Waals surface area contributed by atoms with Gasteiger partial charge >= 0.3 is 0 Å². The van der Waals surface area contributed by atoms with Gasteiger partial charge in [-0.15, -0.1) is 0 Å². The maximum atomic E-state index is 13.0. The summed E-state index contributed by atoms with van der Waals surface area (Å²) in [5, 5.41) is 9.15. The molecular formula is C19H28N2O6S. The van der Waals surface area contributed by atoms with Crippen LogP contribution in [0.4, 0.5) is 0 Å².